The monoisotopic (exact) mass is 605 g/mol. The molecule has 4 heteroatoms. The summed E-state index contributed by atoms with van der Waals surface area (Å²) in [5.41, 5.74) is 0. The highest BCUT2D eigenvalue weighted by molar-refractivity contribution is 7.91. The first-order valence-electron chi connectivity index (χ1n) is 18.2. The quantitative estimate of drug-likeness (QED) is 0.0506. The second kappa shape index (κ2) is 31.0. The Balaban J connectivity index is 0. The smallest absolute Gasteiger partial charge is 0.105 e. The second-order valence-corrected chi connectivity index (χ2v) is 17.7. The minimum Gasteiger partial charge on any atom is -0.616 e. The lowest BCUT2D eigenvalue weighted by atomic mass is 10.0. The van der Waals surface area contributed by atoms with Crippen molar-refractivity contribution < 1.29 is 9.12 Å². The molecule has 0 aromatic carbocycles. The van der Waals surface area contributed by atoms with Crippen LogP contribution in [-0.2, 0) is 15.7 Å². The van der Waals surface area contributed by atoms with Gasteiger partial charge in [-0.3, -0.25) is 0 Å². The zero-order valence-corrected chi connectivity index (χ0v) is 30.8. The summed E-state index contributed by atoms with van der Waals surface area (Å²) in [6.45, 7) is 18.2. The third kappa shape index (κ3) is 26.2. The van der Waals surface area contributed by atoms with Gasteiger partial charge in [-0.25, -0.2) is 0 Å². The molecule has 0 rings (SSSR count). The molecule has 3 unspecified atom stereocenters. The Morgan fingerprint density at radius 1 is 0.475 bits per heavy atom. The number of hydrogen-bond acceptors (Lipinski definition) is 2. The SMILES string of the molecule is CCCCC(CC)CP(=O)(CC(CC)CCCC)CC(CC)CCCC.CCCCCC[S+]([O-])CCCCCC. The van der Waals surface area contributed by atoms with E-state index in [-0.39, 0.29) is 0 Å². The first-order chi connectivity index (χ1) is 19.3. The van der Waals surface area contributed by atoms with E-state index in [0.29, 0.717) is 17.8 Å². The molecule has 0 aliphatic heterocycles. The van der Waals surface area contributed by atoms with Gasteiger partial charge in [0.1, 0.15) is 11.5 Å². The minimum absolute atomic E-state index is 0.527. The molecule has 0 spiro atoms. The highest BCUT2D eigenvalue weighted by atomic mass is 32.2. The molecule has 0 aromatic heterocycles. The summed E-state index contributed by atoms with van der Waals surface area (Å²) < 4.78 is 25.7. The molecule has 0 N–H and O–H groups in total. The maximum absolute atomic E-state index is 14.2. The molecule has 0 fully saturated rings. The van der Waals surface area contributed by atoms with Crippen LogP contribution < -0.4 is 0 Å². The van der Waals surface area contributed by atoms with E-state index in [9.17, 15) is 9.12 Å². The van der Waals surface area contributed by atoms with Crippen molar-refractivity contribution in [1.82, 2.24) is 0 Å². The summed E-state index contributed by atoms with van der Waals surface area (Å²) in [5, 5.41) is 0. The van der Waals surface area contributed by atoms with E-state index < -0.39 is 18.3 Å². The van der Waals surface area contributed by atoms with Crippen molar-refractivity contribution in [3.05, 3.63) is 0 Å². The van der Waals surface area contributed by atoms with Crippen molar-refractivity contribution in [2.45, 2.75) is 184 Å². The van der Waals surface area contributed by atoms with Crippen LogP contribution in [0.1, 0.15) is 184 Å². The molecular weight excluding hydrogens is 527 g/mol. The summed E-state index contributed by atoms with van der Waals surface area (Å²) in [6, 6.07) is 0. The fraction of sp³-hybridized carbons (Fsp3) is 1.00. The van der Waals surface area contributed by atoms with Crippen LogP contribution in [0.5, 0.6) is 0 Å². The van der Waals surface area contributed by atoms with Crippen LogP contribution in [-0.4, -0.2) is 34.5 Å². The van der Waals surface area contributed by atoms with E-state index in [4.69, 9.17) is 0 Å². The Labute approximate surface area is 258 Å². The molecule has 0 aromatic rings. The molecule has 0 aliphatic rings. The van der Waals surface area contributed by atoms with Gasteiger partial charge in [0.15, 0.2) is 0 Å². The van der Waals surface area contributed by atoms with E-state index in [2.05, 4.69) is 55.4 Å². The van der Waals surface area contributed by atoms with E-state index >= 15 is 0 Å². The van der Waals surface area contributed by atoms with Gasteiger partial charge in [-0.15, -0.1) is 0 Å². The fourth-order valence-electron chi connectivity index (χ4n) is 5.87. The van der Waals surface area contributed by atoms with Gasteiger partial charge in [0.25, 0.3) is 0 Å². The highest BCUT2D eigenvalue weighted by Crippen LogP contribution is 2.53. The van der Waals surface area contributed by atoms with E-state index in [1.807, 2.05) is 0 Å². The second-order valence-electron chi connectivity index (χ2n) is 12.8. The topological polar surface area (TPSA) is 40.1 Å². The van der Waals surface area contributed by atoms with Gasteiger partial charge in [-0.05, 0) is 43.4 Å². The van der Waals surface area contributed by atoms with Crippen molar-refractivity contribution in [3.63, 3.8) is 0 Å². The first-order valence-corrected chi connectivity index (χ1v) is 22.0. The summed E-state index contributed by atoms with van der Waals surface area (Å²) in [4.78, 5) is 0. The lowest BCUT2D eigenvalue weighted by molar-refractivity contribution is 0.446. The van der Waals surface area contributed by atoms with E-state index in [0.717, 1.165) is 42.8 Å². The van der Waals surface area contributed by atoms with Crippen molar-refractivity contribution in [2.75, 3.05) is 30.0 Å². The minimum atomic E-state index is -2.06. The Hall–Kier alpha value is 0.540. The maximum Gasteiger partial charge on any atom is 0.105 e. The standard InChI is InChI=1S/C24H51OP.C12H26OS/c1-7-13-16-22(10-4)19-26(25,20-23(11-5)17-14-8-2)21-24(12-6)18-15-9-3;1-3-5-7-9-11-14(13)12-10-8-6-4-2/h22-24H,7-21H2,1-6H3;3-12H2,1-2H3. The number of rotatable bonds is 28. The molecule has 0 saturated carbocycles. The van der Waals surface area contributed by atoms with Gasteiger partial charge in [0.2, 0.25) is 0 Å². The predicted octanol–water partition coefficient (Wildman–Crippen LogP) is 12.9. The van der Waals surface area contributed by atoms with Crippen molar-refractivity contribution in [2.24, 2.45) is 17.8 Å². The highest BCUT2D eigenvalue weighted by Gasteiger charge is 2.31. The molecule has 0 radical (unpaired) electrons. The van der Waals surface area contributed by atoms with E-state index in [1.54, 1.807) is 0 Å². The normalized spacial score (nSPS) is 15.3. The van der Waals surface area contributed by atoms with Crippen LogP contribution in [0, 0.1) is 17.8 Å². The van der Waals surface area contributed by atoms with Crippen LogP contribution in [0.2, 0.25) is 0 Å². The summed E-state index contributed by atoms with van der Waals surface area (Å²) in [6.07, 6.45) is 28.3. The third-order valence-corrected chi connectivity index (χ3v) is 13.9. The predicted molar refractivity (Wildman–Crippen MR) is 188 cm³/mol. The summed E-state index contributed by atoms with van der Waals surface area (Å²) in [5.74, 6) is 3.94. The van der Waals surface area contributed by atoms with Crippen LogP contribution in [0.3, 0.4) is 0 Å². The molecule has 244 valence electrons. The average molecular weight is 605 g/mol. The van der Waals surface area contributed by atoms with Gasteiger partial charge >= 0.3 is 0 Å². The van der Waals surface area contributed by atoms with Gasteiger partial charge < -0.3 is 9.12 Å². The molecule has 3 atom stereocenters. The lowest BCUT2D eigenvalue weighted by Gasteiger charge is -2.30. The molecule has 0 bridgehead atoms. The van der Waals surface area contributed by atoms with Crippen molar-refractivity contribution in [1.29, 1.82) is 0 Å². The van der Waals surface area contributed by atoms with Crippen LogP contribution in [0.15, 0.2) is 0 Å². The van der Waals surface area contributed by atoms with Gasteiger partial charge in [-0.1, -0.05) is 169 Å². The van der Waals surface area contributed by atoms with Gasteiger partial charge in [0, 0.05) is 18.5 Å². The van der Waals surface area contributed by atoms with Gasteiger partial charge in [0.05, 0.1) is 7.14 Å². The molecule has 0 saturated heterocycles. The largest absolute Gasteiger partial charge is 0.616 e. The van der Waals surface area contributed by atoms with Crippen molar-refractivity contribution >= 4 is 18.3 Å². The van der Waals surface area contributed by atoms with Gasteiger partial charge in [-0.2, -0.15) is 0 Å². The molecule has 2 nitrogen and oxygen atoms in total. The first kappa shape index (κ1) is 42.7. The Bertz CT molecular complexity index is 477. The van der Waals surface area contributed by atoms with Crippen LogP contribution in [0.25, 0.3) is 0 Å². The summed E-state index contributed by atoms with van der Waals surface area (Å²) in [7, 11) is -2.06. The van der Waals surface area contributed by atoms with E-state index in [1.165, 1.54) is 116 Å². The number of unbranched alkanes of at least 4 members (excludes halogenated alkanes) is 9. The maximum atomic E-state index is 14.2. The summed E-state index contributed by atoms with van der Waals surface area (Å²) >= 11 is -0.527. The average Bonchev–Trinajstić information content (AvgIpc) is 2.96. The number of hydrogen-bond donors (Lipinski definition) is 0. The molecule has 0 aliphatic carbocycles. The fourth-order valence-corrected chi connectivity index (χ4v) is 11.7. The zero-order chi connectivity index (χ0) is 30.5. The van der Waals surface area contributed by atoms with Crippen LogP contribution in [0.4, 0.5) is 0 Å². The van der Waals surface area contributed by atoms with Crippen LogP contribution >= 0.6 is 7.14 Å². The Morgan fingerprint density at radius 2 is 0.775 bits per heavy atom. The third-order valence-electron chi connectivity index (χ3n) is 8.85. The molecule has 0 heterocycles. The molecular formula is C36H77O2PS. The Kier molecular flexibility index (Phi) is 33.0. The molecule has 0 amide bonds. The lowest BCUT2D eigenvalue weighted by Crippen LogP contribution is -2.18. The van der Waals surface area contributed by atoms with Crippen molar-refractivity contribution in [3.8, 4) is 0 Å². The Morgan fingerprint density at radius 3 is 1.02 bits per heavy atom. The molecule has 40 heavy (non-hydrogen) atoms. The zero-order valence-electron chi connectivity index (χ0n) is 29.1.